The summed E-state index contributed by atoms with van der Waals surface area (Å²) in [6.45, 7) is 0.430. The van der Waals surface area contributed by atoms with Gasteiger partial charge in [0.25, 0.3) is 0 Å². The van der Waals surface area contributed by atoms with Crippen molar-refractivity contribution in [2.75, 3.05) is 22.3 Å². The Kier molecular flexibility index (Phi) is 2.74. The molecule has 0 spiro atoms. The van der Waals surface area contributed by atoms with Gasteiger partial charge in [-0.1, -0.05) is 0 Å². The highest BCUT2D eigenvalue weighted by Crippen LogP contribution is 2.42. The van der Waals surface area contributed by atoms with Crippen molar-refractivity contribution in [3.8, 4) is 0 Å². The van der Waals surface area contributed by atoms with Gasteiger partial charge in [-0.2, -0.15) is 0 Å². The molecule has 1 aromatic heterocycles. The third kappa shape index (κ3) is 2.07. The summed E-state index contributed by atoms with van der Waals surface area (Å²) < 4.78 is 25.1. The Bertz CT molecular complexity index is 638. The highest BCUT2D eigenvalue weighted by atomic mass is 32.2. The summed E-state index contributed by atoms with van der Waals surface area (Å²) in [6, 6.07) is 1.48. The van der Waals surface area contributed by atoms with Gasteiger partial charge in [0.15, 0.2) is 6.29 Å². The van der Waals surface area contributed by atoms with Gasteiger partial charge in [0, 0.05) is 24.2 Å². The molecule has 1 saturated heterocycles. The van der Waals surface area contributed by atoms with E-state index >= 15 is 0 Å². The quantitative estimate of drug-likeness (QED) is 0.831. The van der Waals surface area contributed by atoms with E-state index in [9.17, 15) is 13.2 Å². The summed E-state index contributed by atoms with van der Waals surface area (Å²) in [6.07, 6.45) is 3.25. The van der Waals surface area contributed by atoms with E-state index in [1.807, 2.05) is 0 Å². The fourth-order valence-electron chi connectivity index (χ4n) is 2.40. The lowest BCUT2D eigenvalue weighted by Crippen LogP contribution is -2.26. The number of nitrogens with two attached hydrogens (primary N) is 1. The first-order chi connectivity index (χ1) is 9.03. The van der Waals surface area contributed by atoms with E-state index in [4.69, 9.17) is 5.73 Å². The van der Waals surface area contributed by atoms with Crippen LogP contribution in [0.1, 0.15) is 41.2 Å². The van der Waals surface area contributed by atoms with E-state index < -0.39 is 10.0 Å². The van der Waals surface area contributed by atoms with E-state index in [0.717, 1.165) is 12.8 Å². The van der Waals surface area contributed by atoms with Crippen LogP contribution < -0.4 is 10.0 Å². The lowest BCUT2D eigenvalue weighted by molar-refractivity contribution is 0.112. The second-order valence-electron chi connectivity index (χ2n) is 5.00. The van der Waals surface area contributed by atoms with Gasteiger partial charge in [0.05, 0.1) is 17.0 Å². The van der Waals surface area contributed by atoms with Gasteiger partial charge in [-0.05, 0) is 19.3 Å². The molecule has 0 radical (unpaired) electrons. The van der Waals surface area contributed by atoms with E-state index in [2.05, 4.69) is 4.98 Å². The maximum atomic E-state index is 11.9. The Balaban J connectivity index is 2.10. The molecule has 2 fully saturated rings. The van der Waals surface area contributed by atoms with Crippen LogP contribution in [0.4, 0.5) is 11.5 Å². The van der Waals surface area contributed by atoms with Crippen LogP contribution in [0.15, 0.2) is 6.07 Å². The first-order valence-electron chi connectivity index (χ1n) is 6.29. The van der Waals surface area contributed by atoms with Gasteiger partial charge in [-0.3, -0.25) is 9.10 Å². The average Bonchev–Trinajstić information content (AvgIpc) is 3.12. The van der Waals surface area contributed by atoms with Gasteiger partial charge >= 0.3 is 0 Å². The number of anilines is 2. The number of pyridine rings is 1. The zero-order valence-corrected chi connectivity index (χ0v) is 11.2. The van der Waals surface area contributed by atoms with Crippen molar-refractivity contribution in [3.05, 3.63) is 17.3 Å². The van der Waals surface area contributed by atoms with Crippen LogP contribution in [0.2, 0.25) is 0 Å². The number of carbonyl (C=O) groups is 1. The van der Waals surface area contributed by atoms with Crippen LogP contribution in [-0.4, -0.2) is 32.0 Å². The summed E-state index contributed by atoms with van der Waals surface area (Å²) >= 11 is 0. The smallest absolute Gasteiger partial charge is 0.236 e. The predicted octanol–water partition coefficient (Wildman–Crippen LogP) is 0.894. The maximum absolute atomic E-state index is 11.9. The van der Waals surface area contributed by atoms with Crippen LogP contribution in [-0.2, 0) is 10.0 Å². The topological polar surface area (TPSA) is 93.4 Å². The number of aromatic nitrogens is 1. The van der Waals surface area contributed by atoms with Gasteiger partial charge in [-0.25, -0.2) is 13.4 Å². The molecule has 3 rings (SSSR count). The summed E-state index contributed by atoms with van der Waals surface area (Å²) in [4.78, 5) is 15.5. The molecule has 7 heteroatoms. The Morgan fingerprint density at radius 1 is 1.42 bits per heavy atom. The van der Waals surface area contributed by atoms with Crippen LogP contribution >= 0.6 is 0 Å². The van der Waals surface area contributed by atoms with Crippen LogP contribution in [0, 0.1) is 0 Å². The Morgan fingerprint density at radius 3 is 2.68 bits per heavy atom. The number of hydrogen-bond acceptors (Lipinski definition) is 5. The summed E-state index contributed by atoms with van der Waals surface area (Å²) in [5, 5.41) is 0. The number of hydrogen-bond donors (Lipinski definition) is 1. The molecule has 0 bridgehead atoms. The number of rotatable bonds is 3. The molecule has 0 aromatic carbocycles. The molecule has 102 valence electrons. The molecule has 19 heavy (non-hydrogen) atoms. The van der Waals surface area contributed by atoms with E-state index in [1.54, 1.807) is 0 Å². The lowest BCUT2D eigenvalue weighted by Gasteiger charge is -2.18. The van der Waals surface area contributed by atoms with Gasteiger partial charge in [-0.15, -0.1) is 0 Å². The summed E-state index contributed by atoms with van der Waals surface area (Å²) in [7, 11) is -3.27. The lowest BCUT2D eigenvalue weighted by atomic mass is 10.1. The Hall–Kier alpha value is -1.63. The normalized spacial score (nSPS) is 21.6. The minimum Gasteiger partial charge on any atom is -0.398 e. The van der Waals surface area contributed by atoms with Gasteiger partial charge < -0.3 is 5.73 Å². The molecule has 0 atom stereocenters. The molecule has 1 aliphatic carbocycles. The largest absolute Gasteiger partial charge is 0.398 e. The summed E-state index contributed by atoms with van der Waals surface area (Å²) in [5.74, 6) is 0.734. The number of nitrogens with zero attached hydrogens (tertiary/aromatic N) is 2. The van der Waals surface area contributed by atoms with Crippen molar-refractivity contribution in [2.24, 2.45) is 0 Å². The van der Waals surface area contributed by atoms with E-state index in [-0.39, 0.29) is 11.7 Å². The SMILES string of the molecule is Nc1cc(N2CCCS2(=O)=O)nc(C2CC2)c1C=O. The molecule has 2 aliphatic rings. The van der Waals surface area contributed by atoms with Crippen molar-refractivity contribution >= 4 is 27.8 Å². The molecule has 1 saturated carbocycles. The highest BCUT2D eigenvalue weighted by Gasteiger charge is 2.33. The predicted molar refractivity (Wildman–Crippen MR) is 71.8 cm³/mol. The molecular formula is C12H15N3O3S. The Labute approximate surface area is 111 Å². The summed E-state index contributed by atoms with van der Waals surface area (Å²) in [5.41, 5.74) is 7.22. The standard InChI is InChI=1S/C12H15N3O3S/c13-10-6-11(15-4-1-5-19(15,17)18)14-12(8-2-3-8)9(10)7-16/h6-8H,1-5H2,(H2,13,14). The van der Waals surface area contributed by atoms with Crippen LogP contribution in [0.5, 0.6) is 0 Å². The third-order valence-electron chi connectivity index (χ3n) is 3.54. The van der Waals surface area contributed by atoms with Crippen molar-refractivity contribution in [1.82, 2.24) is 4.98 Å². The maximum Gasteiger partial charge on any atom is 0.236 e. The second-order valence-corrected chi connectivity index (χ2v) is 7.02. The minimum absolute atomic E-state index is 0.142. The minimum atomic E-state index is -3.27. The number of aldehydes is 1. The monoisotopic (exact) mass is 281 g/mol. The van der Waals surface area contributed by atoms with Crippen molar-refractivity contribution in [1.29, 1.82) is 0 Å². The Morgan fingerprint density at radius 2 is 2.16 bits per heavy atom. The molecule has 2 N–H and O–H groups in total. The van der Waals surface area contributed by atoms with Crippen molar-refractivity contribution in [3.63, 3.8) is 0 Å². The highest BCUT2D eigenvalue weighted by molar-refractivity contribution is 7.93. The molecular weight excluding hydrogens is 266 g/mol. The molecule has 0 unspecified atom stereocenters. The fraction of sp³-hybridized carbons (Fsp3) is 0.500. The number of carbonyl (C=O) groups excluding carboxylic acids is 1. The van der Waals surface area contributed by atoms with Crippen LogP contribution in [0.3, 0.4) is 0 Å². The van der Waals surface area contributed by atoms with Crippen molar-refractivity contribution < 1.29 is 13.2 Å². The number of sulfonamides is 1. The molecule has 1 aliphatic heterocycles. The number of nitrogen functional groups attached to an aromatic ring is 1. The van der Waals surface area contributed by atoms with Gasteiger partial charge in [0.1, 0.15) is 5.82 Å². The van der Waals surface area contributed by atoms with E-state index in [0.29, 0.717) is 42.0 Å². The van der Waals surface area contributed by atoms with Gasteiger partial charge in [0.2, 0.25) is 10.0 Å². The first-order valence-corrected chi connectivity index (χ1v) is 7.90. The van der Waals surface area contributed by atoms with Crippen molar-refractivity contribution in [2.45, 2.75) is 25.2 Å². The zero-order valence-electron chi connectivity index (χ0n) is 10.4. The third-order valence-corrected chi connectivity index (χ3v) is 5.39. The van der Waals surface area contributed by atoms with Crippen LogP contribution in [0.25, 0.3) is 0 Å². The second kappa shape index (κ2) is 4.19. The molecule has 0 amide bonds. The average molecular weight is 281 g/mol. The molecule has 1 aromatic rings. The molecule has 2 heterocycles. The molecule has 6 nitrogen and oxygen atoms in total. The first kappa shape index (κ1) is 12.4. The zero-order chi connectivity index (χ0) is 13.6. The van der Waals surface area contributed by atoms with E-state index in [1.165, 1.54) is 10.4 Å². The fourth-order valence-corrected chi connectivity index (χ4v) is 3.90.